The summed E-state index contributed by atoms with van der Waals surface area (Å²) in [5.41, 5.74) is 8.99. The third-order valence-electron chi connectivity index (χ3n) is 7.02. The van der Waals surface area contributed by atoms with E-state index in [9.17, 15) is 5.11 Å². The summed E-state index contributed by atoms with van der Waals surface area (Å²) in [6, 6.07) is 19.7. The molecule has 4 heterocycles. The van der Waals surface area contributed by atoms with E-state index >= 15 is 0 Å². The molecule has 37 heavy (non-hydrogen) atoms. The van der Waals surface area contributed by atoms with Crippen molar-refractivity contribution < 1.29 is 5.11 Å². The highest BCUT2D eigenvalue weighted by Gasteiger charge is 2.28. The quantitative estimate of drug-likeness (QED) is 0.326. The van der Waals surface area contributed by atoms with E-state index < -0.39 is 0 Å². The molecule has 1 N–H and O–H groups in total. The summed E-state index contributed by atoms with van der Waals surface area (Å²) in [7, 11) is 0. The van der Waals surface area contributed by atoms with Gasteiger partial charge in [0.15, 0.2) is 5.65 Å². The summed E-state index contributed by atoms with van der Waals surface area (Å²) in [5, 5.41) is 24.7. The van der Waals surface area contributed by atoms with Crippen LogP contribution in [0, 0.1) is 13.8 Å². The Hall–Kier alpha value is -3.81. The third-order valence-corrected chi connectivity index (χ3v) is 7.02. The van der Waals surface area contributed by atoms with Crippen LogP contribution < -0.4 is 0 Å². The SMILES string of the molecule is CCN1CC(c2ccc(-c3ccc(-c4cc(C)c5nc(C)cn5n4)cc3-c3ccccc3O)nn2)C1.Cl. The van der Waals surface area contributed by atoms with Gasteiger partial charge in [-0.3, -0.25) is 0 Å². The minimum absolute atomic E-state index is 0. The van der Waals surface area contributed by atoms with Gasteiger partial charge in [-0.1, -0.05) is 37.3 Å². The number of hydrogen-bond donors (Lipinski definition) is 1. The summed E-state index contributed by atoms with van der Waals surface area (Å²) in [6.07, 6.45) is 1.93. The van der Waals surface area contributed by atoms with E-state index in [0.29, 0.717) is 5.92 Å². The van der Waals surface area contributed by atoms with Crippen LogP contribution in [-0.2, 0) is 0 Å². The molecule has 0 bridgehead atoms. The molecule has 1 saturated heterocycles. The lowest BCUT2D eigenvalue weighted by Gasteiger charge is -2.37. The van der Waals surface area contributed by atoms with Crippen LogP contribution in [0.5, 0.6) is 5.75 Å². The van der Waals surface area contributed by atoms with Crippen LogP contribution in [0.2, 0.25) is 0 Å². The summed E-state index contributed by atoms with van der Waals surface area (Å²) in [6.45, 7) is 9.34. The topological polar surface area (TPSA) is 79.4 Å². The average Bonchev–Trinajstić information content (AvgIpc) is 3.25. The third kappa shape index (κ3) is 4.56. The first-order valence-electron chi connectivity index (χ1n) is 12.3. The Labute approximate surface area is 222 Å². The summed E-state index contributed by atoms with van der Waals surface area (Å²) >= 11 is 0. The van der Waals surface area contributed by atoms with Crippen molar-refractivity contribution in [2.24, 2.45) is 0 Å². The first kappa shape index (κ1) is 24.9. The largest absolute Gasteiger partial charge is 0.507 e. The number of fused-ring (bicyclic) bond motifs is 1. The van der Waals surface area contributed by atoms with Gasteiger partial charge in [0.05, 0.1) is 29.0 Å². The molecule has 188 valence electrons. The highest BCUT2D eigenvalue weighted by atomic mass is 35.5. The van der Waals surface area contributed by atoms with E-state index in [1.54, 1.807) is 6.07 Å². The number of aromatic nitrogens is 5. The van der Waals surface area contributed by atoms with Crippen molar-refractivity contribution in [2.75, 3.05) is 19.6 Å². The number of rotatable bonds is 5. The molecular weight excluding hydrogens is 484 g/mol. The van der Waals surface area contributed by atoms with Crippen molar-refractivity contribution in [1.29, 1.82) is 0 Å². The molecule has 8 heteroatoms. The Morgan fingerprint density at radius 1 is 0.892 bits per heavy atom. The predicted octanol–water partition coefficient (Wildman–Crippen LogP) is 5.68. The smallest absolute Gasteiger partial charge is 0.156 e. The molecule has 0 saturated carbocycles. The normalized spacial score (nSPS) is 13.9. The van der Waals surface area contributed by atoms with Crippen molar-refractivity contribution >= 4 is 18.1 Å². The lowest BCUT2D eigenvalue weighted by atomic mass is 9.92. The van der Waals surface area contributed by atoms with Crippen molar-refractivity contribution in [3.8, 4) is 39.4 Å². The Morgan fingerprint density at radius 2 is 1.70 bits per heavy atom. The van der Waals surface area contributed by atoms with Crippen LogP contribution in [0.3, 0.4) is 0 Å². The number of nitrogens with zero attached hydrogens (tertiary/aromatic N) is 6. The fourth-order valence-electron chi connectivity index (χ4n) is 4.96. The van der Waals surface area contributed by atoms with E-state index in [2.05, 4.69) is 51.3 Å². The molecule has 2 aromatic carbocycles. The van der Waals surface area contributed by atoms with Crippen LogP contribution in [0.1, 0.15) is 29.8 Å². The molecule has 1 aliphatic rings. The maximum atomic E-state index is 10.7. The molecule has 1 fully saturated rings. The molecule has 0 spiro atoms. The molecule has 3 aromatic heterocycles. The average molecular weight is 513 g/mol. The Balaban J connectivity index is 0.00000280. The van der Waals surface area contributed by atoms with E-state index in [1.807, 2.05) is 54.9 Å². The van der Waals surface area contributed by atoms with Crippen LogP contribution in [0.25, 0.3) is 39.3 Å². The van der Waals surface area contributed by atoms with Gasteiger partial charge in [-0.2, -0.15) is 15.3 Å². The number of phenols is 1. The van der Waals surface area contributed by atoms with Gasteiger partial charge in [0.25, 0.3) is 0 Å². The fraction of sp³-hybridized carbons (Fsp3) is 0.241. The number of likely N-dealkylation sites (N-methyl/N-ethyl adjacent to an activating group) is 1. The zero-order chi connectivity index (χ0) is 24.8. The molecule has 0 radical (unpaired) electrons. The molecule has 6 rings (SSSR count). The summed E-state index contributed by atoms with van der Waals surface area (Å²) in [4.78, 5) is 6.96. The van der Waals surface area contributed by atoms with Gasteiger partial charge in [0.1, 0.15) is 5.75 Å². The van der Waals surface area contributed by atoms with Crippen LogP contribution in [0.15, 0.2) is 66.9 Å². The van der Waals surface area contributed by atoms with Gasteiger partial charge in [0.2, 0.25) is 0 Å². The lowest BCUT2D eigenvalue weighted by molar-refractivity contribution is 0.154. The van der Waals surface area contributed by atoms with E-state index in [1.165, 1.54) is 0 Å². The number of halogens is 1. The monoisotopic (exact) mass is 512 g/mol. The maximum absolute atomic E-state index is 10.7. The Morgan fingerprint density at radius 3 is 2.43 bits per heavy atom. The van der Waals surface area contributed by atoms with E-state index in [0.717, 1.165) is 75.9 Å². The van der Waals surface area contributed by atoms with E-state index in [4.69, 9.17) is 5.10 Å². The zero-order valence-electron chi connectivity index (χ0n) is 21.1. The minimum Gasteiger partial charge on any atom is -0.507 e. The Bertz CT molecular complexity index is 1570. The van der Waals surface area contributed by atoms with Gasteiger partial charge < -0.3 is 10.0 Å². The molecule has 0 amide bonds. The number of para-hydroxylation sites is 1. The second-order valence-corrected chi connectivity index (χ2v) is 9.53. The maximum Gasteiger partial charge on any atom is 0.156 e. The molecule has 0 aliphatic carbocycles. The Kier molecular flexibility index (Phi) is 6.67. The van der Waals surface area contributed by atoms with Gasteiger partial charge >= 0.3 is 0 Å². The van der Waals surface area contributed by atoms with Crippen molar-refractivity contribution in [3.05, 3.63) is 83.8 Å². The van der Waals surface area contributed by atoms with Crippen LogP contribution >= 0.6 is 12.4 Å². The van der Waals surface area contributed by atoms with Crippen molar-refractivity contribution in [3.63, 3.8) is 0 Å². The molecule has 5 aromatic rings. The first-order chi connectivity index (χ1) is 17.5. The summed E-state index contributed by atoms with van der Waals surface area (Å²) in [5.74, 6) is 0.669. The van der Waals surface area contributed by atoms with Gasteiger partial charge in [-0.25, -0.2) is 9.50 Å². The standard InChI is InChI=1S/C29H28N6O.ClH/c1-4-34-16-21(17-34)25-11-12-26(32-31-25)22-10-9-20(14-24(22)23-7-5-6-8-28(23)36)27-13-18(2)29-30-19(3)15-35(29)33-27;/h5-15,21,36H,4,16-17H2,1-3H3;1H. The molecular formula is C29H29ClN6O. The minimum atomic E-state index is 0. The molecule has 1 aliphatic heterocycles. The van der Waals surface area contributed by atoms with Crippen molar-refractivity contribution in [1.82, 2.24) is 29.7 Å². The first-order valence-corrected chi connectivity index (χ1v) is 12.3. The molecule has 0 unspecified atom stereocenters. The van der Waals surface area contributed by atoms with Crippen LogP contribution in [0.4, 0.5) is 0 Å². The molecule has 7 nitrogen and oxygen atoms in total. The van der Waals surface area contributed by atoms with E-state index in [-0.39, 0.29) is 18.2 Å². The second kappa shape index (κ2) is 9.92. The number of likely N-dealkylation sites (tertiary alicyclic amines) is 1. The van der Waals surface area contributed by atoms with Gasteiger partial charge in [-0.15, -0.1) is 12.4 Å². The number of phenolic OH excluding ortho intramolecular Hbond substituents is 1. The zero-order valence-corrected chi connectivity index (χ0v) is 21.9. The summed E-state index contributed by atoms with van der Waals surface area (Å²) < 4.78 is 1.83. The predicted molar refractivity (Wildman–Crippen MR) is 148 cm³/mol. The van der Waals surface area contributed by atoms with Gasteiger partial charge in [0, 0.05) is 35.7 Å². The fourth-order valence-corrected chi connectivity index (χ4v) is 4.96. The second-order valence-electron chi connectivity index (χ2n) is 9.53. The molecule has 0 atom stereocenters. The number of benzene rings is 2. The highest BCUT2D eigenvalue weighted by Crippen LogP contribution is 2.39. The van der Waals surface area contributed by atoms with Crippen LogP contribution in [-0.4, -0.2) is 54.4 Å². The number of hydrogen-bond acceptors (Lipinski definition) is 6. The van der Waals surface area contributed by atoms with Crippen molar-refractivity contribution in [2.45, 2.75) is 26.7 Å². The number of aromatic hydroxyl groups is 1. The highest BCUT2D eigenvalue weighted by molar-refractivity contribution is 5.87. The van der Waals surface area contributed by atoms with Gasteiger partial charge in [-0.05, 0) is 61.9 Å². The number of imidazole rings is 1. The number of aryl methyl sites for hydroxylation is 2. The lowest BCUT2D eigenvalue weighted by Crippen LogP contribution is -2.44.